The molecule has 2 atom stereocenters. The molecule has 0 aliphatic carbocycles. The van der Waals surface area contributed by atoms with Crippen LogP contribution in [0, 0.1) is 11.7 Å². The smallest absolute Gasteiger partial charge is 0.129 e. The van der Waals surface area contributed by atoms with Gasteiger partial charge in [-0.1, -0.05) is 24.6 Å². The summed E-state index contributed by atoms with van der Waals surface area (Å²) in [4.78, 5) is 0. The van der Waals surface area contributed by atoms with Crippen molar-refractivity contribution in [3.63, 3.8) is 0 Å². The van der Waals surface area contributed by atoms with Crippen molar-refractivity contribution in [3.05, 3.63) is 34.6 Å². The van der Waals surface area contributed by atoms with Gasteiger partial charge in [0.2, 0.25) is 0 Å². The Morgan fingerprint density at radius 1 is 1.56 bits per heavy atom. The lowest BCUT2D eigenvalue weighted by molar-refractivity contribution is 0.381. The van der Waals surface area contributed by atoms with Gasteiger partial charge in [-0.15, -0.1) is 0 Å². The van der Waals surface area contributed by atoms with Gasteiger partial charge in [-0.25, -0.2) is 4.39 Å². The summed E-state index contributed by atoms with van der Waals surface area (Å²) in [7, 11) is 0. The van der Waals surface area contributed by atoms with E-state index >= 15 is 0 Å². The van der Waals surface area contributed by atoms with Crippen molar-refractivity contribution in [3.8, 4) is 0 Å². The Balaban J connectivity index is 2.20. The summed E-state index contributed by atoms with van der Waals surface area (Å²) in [6, 6.07) is 5.15. The first-order valence-electron chi connectivity index (χ1n) is 6.48. The Hall–Kier alpha value is -0.250. The maximum atomic E-state index is 14.0. The van der Waals surface area contributed by atoms with E-state index < -0.39 is 0 Å². The molecule has 100 valence electrons. The lowest BCUT2D eigenvalue weighted by Gasteiger charge is -2.25. The molecule has 1 saturated heterocycles. The number of hydrogen-bond donors (Lipinski definition) is 1. The van der Waals surface area contributed by atoms with Gasteiger partial charge >= 0.3 is 0 Å². The highest BCUT2D eigenvalue weighted by Gasteiger charge is 2.28. The SMILES string of the molecule is CCCNC(c1ccc(Cl)cc1F)C1CCSC1. The molecule has 1 fully saturated rings. The van der Waals surface area contributed by atoms with Crippen molar-refractivity contribution in [2.24, 2.45) is 5.92 Å². The molecule has 1 aliphatic rings. The summed E-state index contributed by atoms with van der Waals surface area (Å²) in [5, 5.41) is 3.96. The standard InChI is InChI=1S/C14H19ClFNS/c1-2-6-17-14(10-5-7-18-9-10)12-4-3-11(15)8-13(12)16/h3-4,8,10,14,17H,2,5-7,9H2,1H3. The van der Waals surface area contributed by atoms with Crippen LogP contribution in [0.2, 0.25) is 5.02 Å². The van der Waals surface area contributed by atoms with Crippen molar-refractivity contribution in [2.75, 3.05) is 18.1 Å². The normalized spacial score (nSPS) is 21.2. The number of thioether (sulfide) groups is 1. The summed E-state index contributed by atoms with van der Waals surface area (Å²) in [6.07, 6.45) is 2.22. The Kier molecular flexibility index (Phi) is 5.34. The molecule has 4 heteroatoms. The van der Waals surface area contributed by atoms with Crippen LogP contribution in [0.3, 0.4) is 0 Å². The van der Waals surface area contributed by atoms with Crippen molar-refractivity contribution in [1.29, 1.82) is 0 Å². The third-order valence-electron chi connectivity index (χ3n) is 3.35. The van der Waals surface area contributed by atoms with Crippen LogP contribution in [0.15, 0.2) is 18.2 Å². The van der Waals surface area contributed by atoms with E-state index in [2.05, 4.69) is 12.2 Å². The van der Waals surface area contributed by atoms with E-state index in [4.69, 9.17) is 11.6 Å². The molecule has 1 aromatic rings. The third kappa shape index (κ3) is 3.40. The van der Waals surface area contributed by atoms with Crippen LogP contribution in [0.1, 0.15) is 31.4 Å². The third-order valence-corrected chi connectivity index (χ3v) is 4.77. The van der Waals surface area contributed by atoms with Crippen molar-refractivity contribution in [2.45, 2.75) is 25.8 Å². The predicted octanol–water partition coefficient (Wildman–Crippen LogP) is 4.27. The fourth-order valence-electron chi connectivity index (χ4n) is 2.40. The molecule has 0 aromatic heterocycles. The molecule has 0 saturated carbocycles. The maximum Gasteiger partial charge on any atom is 0.129 e. The highest BCUT2D eigenvalue weighted by Crippen LogP contribution is 2.35. The van der Waals surface area contributed by atoms with Crippen LogP contribution in [0.5, 0.6) is 0 Å². The zero-order chi connectivity index (χ0) is 13.0. The fraction of sp³-hybridized carbons (Fsp3) is 0.571. The molecule has 0 spiro atoms. The molecule has 0 bridgehead atoms. The first-order valence-corrected chi connectivity index (χ1v) is 8.01. The number of nitrogens with one attached hydrogen (secondary N) is 1. The Labute approximate surface area is 117 Å². The Morgan fingerprint density at radius 2 is 2.39 bits per heavy atom. The van der Waals surface area contributed by atoms with E-state index in [-0.39, 0.29) is 11.9 Å². The first kappa shape index (κ1) is 14.2. The van der Waals surface area contributed by atoms with Gasteiger partial charge in [-0.2, -0.15) is 11.8 Å². The molecule has 1 nitrogen and oxygen atoms in total. The maximum absolute atomic E-state index is 14.0. The molecule has 1 aromatic carbocycles. The van der Waals surface area contributed by atoms with Crippen LogP contribution in [0.25, 0.3) is 0 Å². The minimum absolute atomic E-state index is 0.122. The van der Waals surface area contributed by atoms with Crippen LogP contribution in [0.4, 0.5) is 4.39 Å². The minimum atomic E-state index is -0.187. The molecule has 0 radical (unpaired) electrons. The fourth-order valence-corrected chi connectivity index (χ4v) is 3.86. The summed E-state index contributed by atoms with van der Waals surface area (Å²) in [5.74, 6) is 2.64. The van der Waals surface area contributed by atoms with Gasteiger partial charge in [0.15, 0.2) is 0 Å². The highest BCUT2D eigenvalue weighted by molar-refractivity contribution is 7.99. The number of benzene rings is 1. The van der Waals surface area contributed by atoms with Gasteiger partial charge in [0.25, 0.3) is 0 Å². The molecule has 18 heavy (non-hydrogen) atoms. The van der Waals surface area contributed by atoms with E-state index in [9.17, 15) is 4.39 Å². The second-order valence-corrected chi connectivity index (χ2v) is 6.31. The lowest BCUT2D eigenvalue weighted by atomic mass is 9.92. The van der Waals surface area contributed by atoms with Gasteiger partial charge < -0.3 is 5.32 Å². The second-order valence-electron chi connectivity index (χ2n) is 4.72. The van der Waals surface area contributed by atoms with Crippen molar-refractivity contribution >= 4 is 23.4 Å². The summed E-state index contributed by atoms with van der Waals surface area (Å²) in [5.41, 5.74) is 0.764. The summed E-state index contributed by atoms with van der Waals surface area (Å²) >= 11 is 7.78. The predicted molar refractivity (Wildman–Crippen MR) is 77.9 cm³/mol. The van der Waals surface area contributed by atoms with Gasteiger partial charge in [0.05, 0.1) is 0 Å². The van der Waals surface area contributed by atoms with Crippen LogP contribution in [-0.4, -0.2) is 18.1 Å². The quantitative estimate of drug-likeness (QED) is 0.868. The van der Waals surface area contributed by atoms with E-state index in [0.717, 1.165) is 30.7 Å². The monoisotopic (exact) mass is 287 g/mol. The zero-order valence-corrected chi connectivity index (χ0v) is 12.2. The topological polar surface area (TPSA) is 12.0 Å². The molecule has 2 rings (SSSR count). The van der Waals surface area contributed by atoms with Crippen LogP contribution < -0.4 is 5.32 Å². The van der Waals surface area contributed by atoms with Gasteiger partial charge in [-0.3, -0.25) is 0 Å². The molecular formula is C14H19ClFNS. The van der Waals surface area contributed by atoms with Gasteiger partial charge in [0.1, 0.15) is 5.82 Å². The van der Waals surface area contributed by atoms with Gasteiger partial charge in [0, 0.05) is 16.6 Å². The zero-order valence-electron chi connectivity index (χ0n) is 10.6. The molecule has 1 heterocycles. The highest BCUT2D eigenvalue weighted by atomic mass is 35.5. The van der Waals surface area contributed by atoms with Crippen molar-refractivity contribution < 1.29 is 4.39 Å². The van der Waals surface area contributed by atoms with Gasteiger partial charge in [-0.05, 0) is 48.9 Å². The molecular weight excluding hydrogens is 269 g/mol. The van der Waals surface area contributed by atoms with Crippen molar-refractivity contribution in [1.82, 2.24) is 5.32 Å². The summed E-state index contributed by atoms with van der Waals surface area (Å²) in [6.45, 7) is 3.06. The minimum Gasteiger partial charge on any atom is -0.310 e. The average Bonchev–Trinajstić information content (AvgIpc) is 2.85. The molecule has 0 amide bonds. The van der Waals surface area contributed by atoms with E-state index in [1.54, 1.807) is 6.07 Å². The van der Waals surface area contributed by atoms with E-state index in [1.807, 2.05) is 17.8 Å². The average molecular weight is 288 g/mol. The molecule has 2 unspecified atom stereocenters. The van der Waals surface area contributed by atoms with Crippen LogP contribution in [-0.2, 0) is 0 Å². The number of hydrogen-bond acceptors (Lipinski definition) is 2. The molecule has 1 aliphatic heterocycles. The lowest BCUT2D eigenvalue weighted by Crippen LogP contribution is -2.29. The number of rotatable bonds is 5. The second kappa shape index (κ2) is 6.78. The largest absolute Gasteiger partial charge is 0.310 e. The van der Waals surface area contributed by atoms with E-state index in [1.165, 1.54) is 11.8 Å². The van der Waals surface area contributed by atoms with Crippen LogP contribution >= 0.6 is 23.4 Å². The Morgan fingerprint density at radius 3 is 3.00 bits per heavy atom. The Bertz CT molecular complexity index is 393. The number of halogens is 2. The van der Waals surface area contributed by atoms with E-state index in [0.29, 0.717) is 10.9 Å². The summed E-state index contributed by atoms with van der Waals surface area (Å²) < 4.78 is 14.0. The first-order chi connectivity index (χ1) is 8.72. The molecule has 1 N–H and O–H groups in total.